The summed E-state index contributed by atoms with van der Waals surface area (Å²) in [7, 11) is 0. The summed E-state index contributed by atoms with van der Waals surface area (Å²) in [6, 6.07) is 4.99. The number of aromatic hydroxyl groups is 1. The predicted molar refractivity (Wildman–Crippen MR) is 141 cm³/mol. The molecule has 3 heterocycles. The van der Waals surface area contributed by atoms with Gasteiger partial charge in [-0.1, -0.05) is 31.2 Å². The molecule has 1 N–H and O–H groups in total. The Labute approximate surface area is 219 Å². The van der Waals surface area contributed by atoms with E-state index in [2.05, 4.69) is 23.4 Å². The molecule has 2 saturated heterocycles. The van der Waals surface area contributed by atoms with Gasteiger partial charge >= 0.3 is 0 Å². The van der Waals surface area contributed by atoms with Crippen molar-refractivity contribution < 1.29 is 18.7 Å². The number of halogens is 3. The number of benzene rings is 2. The van der Waals surface area contributed by atoms with E-state index in [9.17, 15) is 14.3 Å². The molecule has 7 nitrogen and oxygen atoms in total. The largest absolute Gasteiger partial charge is 0.507 e. The molecule has 0 bridgehead atoms. The molecule has 0 saturated carbocycles. The minimum Gasteiger partial charge on any atom is -0.507 e. The van der Waals surface area contributed by atoms with Crippen molar-refractivity contribution in [2.24, 2.45) is 5.92 Å². The van der Waals surface area contributed by atoms with Gasteiger partial charge in [0, 0.05) is 49.2 Å². The highest BCUT2D eigenvalue weighted by Crippen LogP contribution is 2.43. The average Bonchev–Trinajstić information content (AvgIpc) is 2.83. The maximum atomic E-state index is 16.2. The van der Waals surface area contributed by atoms with E-state index in [4.69, 9.17) is 16.6 Å². The third kappa shape index (κ3) is 4.25. The van der Waals surface area contributed by atoms with Gasteiger partial charge in [-0.05, 0) is 44.0 Å². The number of amides is 1. The Morgan fingerprint density at radius 1 is 1.11 bits per heavy atom. The number of nitrogens with zero attached hydrogens (tertiary/aromatic N) is 5. The molecule has 2 aromatic carbocycles. The van der Waals surface area contributed by atoms with Crippen molar-refractivity contribution in [3.63, 3.8) is 0 Å². The minimum absolute atomic E-state index is 0.00870. The summed E-state index contributed by atoms with van der Waals surface area (Å²) in [5.74, 6) is -0.875. The summed E-state index contributed by atoms with van der Waals surface area (Å²) in [6.45, 7) is 12.0. The molecular weight excluding hydrogens is 500 g/mol. The van der Waals surface area contributed by atoms with Gasteiger partial charge in [0.1, 0.15) is 22.9 Å². The van der Waals surface area contributed by atoms with Gasteiger partial charge < -0.3 is 19.8 Å². The summed E-state index contributed by atoms with van der Waals surface area (Å²) in [5.41, 5.74) is -0.574. The van der Waals surface area contributed by atoms with E-state index >= 15 is 4.39 Å². The van der Waals surface area contributed by atoms with E-state index in [1.165, 1.54) is 24.3 Å². The minimum atomic E-state index is -0.831. The first kappa shape index (κ1) is 25.2. The van der Waals surface area contributed by atoms with E-state index in [0.717, 1.165) is 19.2 Å². The van der Waals surface area contributed by atoms with Gasteiger partial charge in [0.15, 0.2) is 5.82 Å². The van der Waals surface area contributed by atoms with E-state index in [1.54, 1.807) is 4.90 Å². The van der Waals surface area contributed by atoms with Crippen molar-refractivity contribution in [2.45, 2.75) is 32.9 Å². The van der Waals surface area contributed by atoms with Gasteiger partial charge in [0.25, 0.3) is 0 Å². The van der Waals surface area contributed by atoms with Gasteiger partial charge in [-0.2, -0.15) is 4.98 Å². The van der Waals surface area contributed by atoms with Crippen LogP contribution in [-0.4, -0.2) is 64.1 Å². The number of carbonyl (C=O) groups excluding carboxylic acids is 1. The third-order valence-electron chi connectivity index (χ3n) is 7.09. The lowest BCUT2D eigenvalue weighted by molar-refractivity contribution is -0.127. The lowest BCUT2D eigenvalue weighted by atomic mass is 10.00. The molecule has 3 aromatic rings. The van der Waals surface area contributed by atoms with Crippen molar-refractivity contribution in [1.82, 2.24) is 14.9 Å². The lowest BCUT2D eigenvalue weighted by Gasteiger charge is -2.45. The van der Waals surface area contributed by atoms with Crippen LogP contribution in [0.5, 0.6) is 5.75 Å². The predicted octanol–water partition coefficient (Wildman–Crippen LogP) is 5.00. The summed E-state index contributed by atoms with van der Waals surface area (Å²) in [4.78, 5) is 27.5. The van der Waals surface area contributed by atoms with Crippen LogP contribution in [0.2, 0.25) is 5.02 Å². The molecule has 37 heavy (non-hydrogen) atoms. The molecule has 0 unspecified atom stereocenters. The Morgan fingerprint density at radius 2 is 1.78 bits per heavy atom. The fourth-order valence-electron chi connectivity index (χ4n) is 5.41. The topological polar surface area (TPSA) is 72.8 Å². The highest BCUT2D eigenvalue weighted by molar-refractivity contribution is 6.34. The molecule has 10 heteroatoms. The molecule has 1 amide bonds. The Morgan fingerprint density at radius 3 is 2.38 bits per heavy atom. The lowest BCUT2D eigenvalue weighted by Crippen LogP contribution is -2.58. The molecule has 2 fully saturated rings. The molecular formula is C27H28ClF2N5O2. The fraction of sp³-hybridized carbons (Fsp3) is 0.370. The Balaban J connectivity index is 1.72. The van der Waals surface area contributed by atoms with Crippen molar-refractivity contribution >= 4 is 40.2 Å². The van der Waals surface area contributed by atoms with Gasteiger partial charge in [-0.25, -0.2) is 13.8 Å². The number of hydrogen-bond donors (Lipinski definition) is 1. The number of phenolic OH excluding ortho intramolecular Hbond substituents is 1. The van der Waals surface area contributed by atoms with E-state index in [0.29, 0.717) is 36.2 Å². The van der Waals surface area contributed by atoms with Crippen LogP contribution in [0.1, 0.15) is 20.8 Å². The van der Waals surface area contributed by atoms with E-state index in [-0.39, 0.29) is 39.7 Å². The van der Waals surface area contributed by atoms with Crippen LogP contribution in [-0.2, 0) is 4.79 Å². The monoisotopic (exact) mass is 527 g/mol. The van der Waals surface area contributed by atoms with Gasteiger partial charge in [-0.15, -0.1) is 0 Å². The Bertz CT molecular complexity index is 1380. The number of hydrogen-bond acceptors (Lipinski definition) is 6. The molecule has 0 radical (unpaired) electrons. The number of rotatable bonds is 4. The van der Waals surface area contributed by atoms with Gasteiger partial charge in [-0.3, -0.25) is 4.79 Å². The molecule has 2 aliphatic heterocycles. The average molecular weight is 528 g/mol. The second kappa shape index (κ2) is 9.45. The normalized spacial score (nSPS) is 20.3. The molecule has 194 valence electrons. The summed E-state index contributed by atoms with van der Waals surface area (Å²) < 4.78 is 31.0. The standard InChI is InChI=1S/C27H28ClF2N5O2/c1-5-21(37)33-12-15(3)35(16(4)13-33)26-17-9-18(28)22(23-19(29)7-6-8-20(23)36)24(30)25(17)31-27(32-26)34-10-14(2)11-34/h5-9,14-16,36H,1,10-13H2,2-4H3/t15-,16+. The van der Waals surface area contributed by atoms with Crippen molar-refractivity contribution in [1.29, 1.82) is 0 Å². The maximum Gasteiger partial charge on any atom is 0.246 e. The number of piperazine rings is 1. The molecule has 5 rings (SSSR count). The number of fused-ring (bicyclic) bond motifs is 1. The number of aromatic nitrogens is 2. The first-order chi connectivity index (χ1) is 17.6. The highest BCUT2D eigenvalue weighted by atomic mass is 35.5. The zero-order valence-corrected chi connectivity index (χ0v) is 21.6. The molecule has 2 aliphatic rings. The van der Waals surface area contributed by atoms with E-state index in [1.807, 2.05) is 18.7 Å². The van der Waals surface area contributed by atoms with Gasteiger partial charge in [0.2, 0.25) is 11.9 Å². The second-order valence-corrected chi connectivity index (χ2v) is 10.4. The maximum absolute atomic E-state index is 16.2. The smallest absolute Gasteiger partial charge is 0.246 e. The number of carbonyl (C=O) groups is 1. The van der Waals surface area contributed by atoms with Crippen LogP contribution < -0.4 is 9.80 Å². The Kier molecular flexibility index (Phi) is 6.43. The zero-order chi connectivity index (χ0) is 26.6. The zero-order valence-electron chi connectivity index (χ0n) is 20.9. The number of anilines is 2. The first-order valence-electron chi connectivity index (χ1n) is 12.2. The highest BCUT2D eigenvalue weighted by Gasteiger charge is 2.35. The van der Waals surface area contributed by atoms with Crippen molar-refractivity contribution in [2.75, 3.05) is 36.0 Å². The summed E-state index contributed by atoms with van der Waals surface area (Å²) in [6.07, 6.45) is 1.30. The van der Waals surface area contributed by atoms with Crippen molar-refractivity contribution in [3.05, 3.63) is 53.6 Å². The van der Waals surface area contributed by atoms with Crippen LogP contribution in [0.4, 0.5) is 20.5 Å². The van der Waals surface area contributed by atoms with Crippen molar-refractivity contribution in [3.8, 4) is 16.9 Å². The van der Waals surface area contributed by atoms with Gasteiger partial charge in [0.05, 0.1) is 10.6 Å². The molecule has 0 spiro atoms. The molecule has 2 atom stereocenters. The van der Waals surface area contributed by atoms with Crippen LogP contribution in [0.3, 0.4) is 0 Å². The first-order valence-corrected chi connectivity index (χ1v) is 12.6. The second-order valence-electron chi connectivity index (χ2n) is 9.99. The van der Waals surface area contributed by atoms with Crippen LogP contribution in [0.15, 0.2) is 36.9 Å². The Hall–Kier alpha value is -3.46. The third-order valence-corrected chi connectivity index (χ3v) is 7.39. The van der Waals surface area contributed by atoms with Crippen LogP contribution >= 0.6 is 11.6 Å². The molecule has 1 aromatic heterocycles. The van der Waals surface area contributed by atoms with E-state index < -0.39 is 17.4 Å². The SMILES string of the molecule is C=CC(=O)N1C[C@@H](C)N(c2nc(N3CC(C)C3)nc3c(F)c(-c4c(O)cccc4F)c(Cl)cc23)[C@@H](C)C1. The number of phenols is 1. The summed E-state index contributed by atoms with van der Waals surface area (Å²) in [5, 5.41) is 10.7. The fourth-order valence-corrected chi connectivity index (χ4v) is 5.69. The molecule has 0 aliphatic carbocycles. The quantitative estimate of drug-likeness (QED) is 0.481. The van der Waals surface area contributed by atoms with Crippen LogP contribution in [0.25, 0.3) is 22.0 Å². The van der Waals surface area contributed by atoms with Crippen LogP contribution in [0, 0.1) is 17.6 Å². The summed E-state index contributed by atoms with van der Waals surface area (Å²) >= 11 is 6.55.